The van der Waals surface area contributed by atoms with Gasteiger partial charge in [0.2, 0.25) is 0 Å². The maximum atomic E-state index is 12.8. The smallest absolute Gasteiger partial charge is 0.397 e. The Morgan fingerprint density at radius 3 is 1.61 bits per heavy atom. The third kappa shape index (κ3) is 32.0. The fourth-order valence-electron chi connectivity index (χ4n) is 7.23. The molecule has 1 heterocycles. The van der Waals surface area contributed by atoms with Crippen LogP contribution in [0, 0.1) is 0 Å². The van der Waals surface area contributed by atoms with Crippen LogP contribution in [0.2, 0.25) is 0 Å². The van der Waals surface area contributed by atoms with Gasteiger partial charge in [0, 0.05) is 13.0 Å². The van der Waals surface area contributed by atoms with Crippen molar-refractivity contribution in [3.8, 4) is 0 Å². The Balaban J connectivity index is 2.34. The largest absolute Gasteiger partial charge is 0.457 e. The van der Waals surface area contributed by atoms with E-state index in [9.17, 15) is 28.5 Å². The van der Waals surface area contributed by atoms with Crippen LogP contribution in [0.15, 0.2) is 24.3 Å². The van der Waals surface area contributed by atoms with Gasteiger partial charge in [0.05, 0.1) is 19.8 Å². The van der Waals surface area contributed by atoms with Crippen LogP contribution in [-0.2, 0) is 38.3 Å². The molecular weight excluding hydrogens is 777 g/mol. The van der Waals surface area contributed by atoms with Gasteiger partial charge < -0.3 is 34.3 Å². The predicted octanol–water partition coefficient (Wildman–Crippen LogP) is 10.0. The van der Waals surface area contributed by atoms with Crippen molar-refractivity contribution in [2.45, 2.75) is 237 Å². The van der Waals surface area contributed by atoms with Crippen LogP contribution < -0.4 is 0 Å². The second-order valence-electron chi connectivity index (χ2n) is 16.4. The second kappa shape index (κ2) is 38.3. The summed E-state index contributed by atoms with van der Waals surface area (Å²) in [5.74, 6) is -0.401. The molecule has 0 aromatic carbocycles. The van der Waals surface area contributed by atoms with Gasteiger partial charge in [-0.1, -0.05) is 173 Å². The van der Waals surface area contributed by atoms with E-state index in [0.29, 0.717) is 13.0 Å². The van der Waals surface area contributed by atoms with Crippen molar-refractivity contribution in [1.29, 1.82) is 0 Å². The fourth-order valence-corrected chi connectivity index (χ4v) is 7.74. The fraction of sp³-hybridized carbons (Fsp3) is 0.891. The molecule has 0 radical (unpaired) electrons. The zero-order chi connectivity index (χ0) is 43.2. The van der Waals surface area contributed by atoms with Crippen molar-refractivity contribution in [2.75, 3.05) is 26.4 Å². The molecule has 1 aliphatic rings. The summed E-state index contributed by atoms with van der Waals surface area (Å²) in [4.78, 5) is 12.8. The Kier molecular flexibility index (Phi) is 36.1. The topological polar surface area (TPSA) is 178 Å². The molecule has 0 bridgehead atoms. The van der Waals surface area contributed by atoms with Gasteiger partial charge >= 0.3 is 16.4 Å². The number of aliphatic hydroxyl groups is 3. The van der Waals surface area contributed by atoms with Gasteiger partial charge in [0.25, 0.3) is 0 Å². The molecular formula is C46H86O12S. The van der Waals surface area contributed by atoms with E-state index in [4.69, 9.17) is 23.5 Å². The molecule has 6 atom stereocenters. The summed E-state index contributed by atoms with van der Waals surface area (Å²) >= 11 is 0. The molecule has 1 fully saturated rings. The van der Waals surface area contributed by atoms with Crippen molar-refractivity contribution < 1.29 is 56.2 Å². The Bertz CT molecular complexity index is 1130. The summed E-state index contributed by atoms with van der Waals surface area (Å²) in [6, 6.07) is 0. The summed E-state index contributed by atoms with van der Waals surface area (Å²) in [6.07, 6.45) is 33.6. The first-order valence-electron chi connectivity index (χ1n) is 23.6. The van der Waals surface area contributed by atoms with Gasteiger partial charge in [-0.05, 0) is 44.9 Å². The highest BCUT2D eigenvalue weighted by Gasteiger charge is 2.48. The molecule has 12 nitrogen and oxygen atoms in total. The number of hydrogen-bond acceptors (Lipinski definition) is 11. The zero-order valence-corrected chi connectivity index (χ0v) is 37.9. The normalized spacial score (nSPS) is 20.5. The van der Waals surface area contributed by atoms with Crippen LogP contribution in [0.4, 0.5) is 0 Å². The molecule has 4 N–H and O–H groups in total. The van der Waals surface area contributed by atoms with E-state index in [1.54, 1.807) is 0 Å². The van der Waals surface area contributed by atoms with Gasteiger partial charge in [0.15, 0.2) is 6.29 Å². The number of carbonyl (C=O) groups excluding carboxylic acids is 1. The zero-order valence-electron chi connectivity index (χ0n) is 37.1. The van der Waals surface area contributed by atoms with E-state index < -0.39 is 59.8 Å². The van der Waals surface area contributed by atoms with Gasteiger partial charge in [-0.3, -0.25) is 9.35 Å². The number of unbranched alkanes of at least 4 members (excludes halogenated alkanes) is 24. The van der Waals surface area contributed by atoms with E-state index in [1.807, 2.05) is 0 Å². The molecule has 0 aliphatic carbocycles. The summed E-state index contributed by atoms with van der Waals surface area (Å²) in [5.41, 5.74) is 0. The number of hydrogen-bond donors (Lipinski definition) is 4. The monoisotopic (exact) mass is 863 g/mol. The van der Waals surface area contributed by atoms with E-state index in [0.717, 1.165) is 44.9 Å². The summed E-state index contributed by atoms with van der Waals surface area (Å²) in [6.45, 7) is 3.97. The quantitative estimate of drug-likeness (QED) is 0.0198. The summed E-state index contributed by atoms with van der Waals surface area (Å²) in [5, 5.41) is 30.6. The van der Waals surface area contributed by atoms with Crippen molar-refractivity contribution in [3.05, 3.63) is 24.3 Å². The third-order valence-electron chi connectivity index (χ3n) is 10.8. The highest BCUT2D eigenvalue weighted by molar-refractivity contribution is 7.80. The molecule has 1 rings (SSSR count). The van der Waals surface area contributed by atoms with Crippen LogP contribution in [0.3, 0.4) is 0 Å². The lowest BCUT2D eigenvalue weighted by molar-refractivity contribution is -0.301. The Hall–Kier alpha value is -1.42. The summed E-state index contributed by atoms with van der Waals surface area (Å²) in [7, 11) is -5.06. The maximum absolute atomic E-state index is 12.8. The van der Waals surface area contributed by atoms with Gasteiger partial charge in [0.1, 0.15) is 30.5 Å². The lowest BCUT2D eigenvalue weighted by atomic mass is 9.99. The molecule has 0 spiro atoms. The number of aliphatic hydroxyl groups excluding tert-OH is 3. The maximum Gasteiger partial charge on any atom is 0.397 e. The van der Waals surface area contributed by atoms with Crippen LogP contribution >= 0.6 is 0 Å². The number of rotatable bonds is 41. The minimum Gasteiger partial charge on any atom is -0.457 e. The van der Waals surface area contributed by atoms with Crippen LogP contribution in [-0.4, -0.2) is 97.5 Å². The minimum absolute atomic E-state index is 0.0374. The Labute approximate surface area is 359 Å². The average Bonchev–Trinajstić information content (AvgIpc) is 3.20. The molecule has 0 amide bonds. The van der Waals surface area contributed by atoms with Crippen molar-refractivity contribution in [2.24, 2.45) is 0 Å². The summed E-state index contributed by atoms with van der Waals surface area (Å²) < 4.78 is 59.0. The molecule has 13 heteroatoms. The van der Waals surface area contributed by atoms with Gasteiger partial charge in [-0.25, -0.2) is 4.18 Å². The first-order chi connectivity index (χ1) is 28.6. The Morgan fingerprint density at radius 1 is 0.644 bits per heavy atom. The molecule has 0 aromatic heterocycles. The first-order valence-corrected chi connectivity index (χ1v) is 25.0. The van der Waals surface area contributed by atoms with Crippen LogP contribution in [0.25, 0.3) is 0 Å². The lowest BCUT2D eigenvalue weighted by Gasteiger charge is -2.41. The number of ether oxygens (including phenoxy) is 4. The Morgan fingerprint density at radius 2 is 1.12 bits per heavy atom. The van der Waals surface area contributed by atoms with Crippen molar-refractivity contribution >= 4 is 16.4 Å². The third-order valence-corrected chi connectivity index (χ3v) is 11.3. The lowest BCUT2D eigenvalue weighted by Crippen LogP contribution is -2.60. The first kappa shape index (κ1) is 55.6. The van der Waals surface area contributed by atoms with E-state index >= 15 is 0 Å². The predicted molar refractivity (Wildman–Crippen MR) is 234 cm³/mol. The number of esters is 1. The minimum atomic E-state index is -5.06. The van der Waals surface area contributed by atoms with E-state index in [2.05, 4.69) is 42.3 Å². The molecule has 59 heavy (non-hydrogen) atoms. The highest BCUT2D eigenvalue weighted by atomic mass is 32.3. The van der Waals surface area contributed by atoms with Crippen molar-refractivity contribution in [1.82, 2.24) is 0 Å². The standard InChI is InChI=1S/C46H86O12S/c1-3-5-7-9-11-13-15-16-17-18-19-20-21-22-23-24-25-26-28-30-32-34-36-54-38-40(56-42(48)35-33-31-29-27-14-12-10-8-6-4-2)39-55-46-44(50)45(58-59(51,52)53)43(49)41(37-47)57-46/h15-16,18-19,40-41,43-47,49-50H,3-14,17,20-39H2,1-2H3,(H,51,52,53)/b16-15-,19-18-. The SMILES string of the molecule is CCCCCCC/C=C\C/C=C\CCCCCCCCCCCCOCC(COC1OC(CO)C(O)C(OS(=O)(=O)O)C1O)OC(=O)CCCCCCCCCCCC. The molecule has 348 valence electrons. The van der Waals surface area contributed by atoms with Gasteiger partial charge in [-0.2, -0.15) is 8.42 Å². The highest BCUT2D eigenvalue weighted by Crippen LogP contribution is 2.26. The van der Waals surface area contributed by atoms with Crippen molar-refractivity contribution in [3.63, 3.8) is 0 Å². The van der Waals surface area contributed by atoms with E-state index in [-0.39, 0.29) is 19.6 Å². The molecule has 0 aromatic rings. The molecule has 6 unspecified atom stereocenters. The molecule has 1 aliphatic heterocycles. The molecule has 0 saturated carbocycles. The second-order valence-corrected chi connectivity index (χ2v) is 17.4. The number of allylic oxidation sites excluding steroid dienone is 4. The van der Waals surface area contributed by atoms with Crippen LogP contribution in [0.1, 0.15) is 200 Å². The average molecular weight is 863 g/mol. The number of carbonyl (C=O) groups is 1. The van der Waals surface area contributed by atoms with E-state index in [1.165, 1.54) is 128 Å². The molecule has 1 saturated heterocycles. The van der Waals surface area contributed by atoms with Crippen LogP contribution in [0.5, 0.6) is 0 Å². The van der Waals surface area contributed by atoms with Gasteiger partial charge in [-0.15, -0.1) is 0 Å².